The van der Waals surface area contributed by atoms with E-state index in [0.717, 1.165) is 24.6 Å². The molecule has 0 aliphatic rings. The first-order valence-corrected chi connectivity index (χ1v) is 8.48. The highest BCUT2D eigenvalue weighted by molar-refractivity contribution is 5.75. The highest BCUT2D eigenvalue weighted by Gasteiger charge is 2.08. The van der Waals surface area contributed by atoms with Gasteiger partial charge in [0.2, 0.25) is 5.95 Å². The molecule has 6 heteroatoms. The lowest BCUT2D eigenvalue weighted by Gasteiger charge is -2.11. The lowest BCUT2D eigenvalue weighted by atomic mass is 10.2. The minimum atomic E-state index is -0.290. The maximum absolute atomic E-state index is 13.7. The van der Waals surface area contributed by atoms with Crippen LogP contribution in [0.1, 0.15) is 31.7 Å². The summed E-state index contributed by atoms with van der Waals surface area (Å²) in [5, 5.41) is 3.80. The number of aromatic nitrogens is 3. The maximum atomic E-state index is 13.7. The number of nitrogens with one attached hydrogen (secondary N) is 1. The first-order chi connectivity index (χ1) is 12.1. The summed E-state index contributed by atoms with van der Waals surface area (Å²) in [6.07, 6.45) is 4.73. The molecule has 130 valence electrons. The van der Waals surface area contributed by atoms with Crippen LogP contribution in [0.4, 0.5) is 16.0 Å². The summed E-state index contributed by atoms with van der Waals surface area (Å²) in [5.41, 5.74) is 1.66. The molecular formula is C19H21FN4O. The first-order valence-electron chi connectivity index (χ1n) is 8.48. The summed E-state index contributed by atoms with van der Waals surface area (Å²) in [6, 6.07) is 8.14. The standard InChI is InChI=1S/C19H21FN4O/c1-3-4-5-10-24-17(25)9-7-14-12-21-19(23-18(14)24)22-15-8-6-13(2)16(20)11-15/h6-9,11-12H,3-5,10H2,1-2H3,(H,21,22,23). The van der Waals surface area contributed by atoms with Crippen molar-refractivity contribution in [3.05, 3.63) is 58.3 Å². The van der Waals surface area contributed by atoms with Crippen molar-refractivity contribution in [3.63, 3.8) is 0 Å². The predicted molar refractivity (Wildman–Crippen MR) is 97.7 cm³/mol. The Balaban J connectivity index is 1.95. The Morgan fingerprint density at radius 3 is 2.80 bits per heavy atom. The Kier molecular flexibility index (Phi) is 5.07. The number of nitrogens with zero attached hydrogens (tertiary/aromatic N) is 3. The number of fused-ring (bicyclic) bond motifs is 1. The Morgan fingerprint density at radius 1 is 1.20 bits per heavy atom. The molecule has 2 aromatic heterocycles. The van der Waals surface area contributed by atoms with Gasteiger partial charge >= 0.3 is 0 Å². The Hall–Kier alpha value is -2.76. The van der Waals surface area contributed by atoms with E-state index in [1.54, 1.807) is 42.0 Å². The molecule has 1 N–H and O–H groups in total. The van der Waals surface area contributed by atoms with Gasteiger partial charge in [-0.2, -0.15) is 4.98 Å². The number of pyridine rings is 1. The highest BCUT2D eigenvalue weighted by atomic mass is 19.1. The van der Waals surface area contributed by atoms with Gasteiger partial charge in [0.05, 0.1) is 0 Å². The molecule has 0 saturated carbocycles. The monoisotopic (exact) mass is 340 g/mol. The lowest BCUT2D eigenvalue weighted by Crippen LogP contribution is -2.20. The Morgan fingerprint density at radius 2 is 2.04 bits per heavy atom. The van der Waals surface area contributed by atoms with E-state index in [2.05, 4.69) is 22.2 Å². The predicted octanol–water partition coefficient (Wildman–Crippen LogP) is 4.17. The van der Waals surface area contributed by atoms with Gasteiger partial charge in [-0.3, -0.25) is 9.36 Å². The van der Waals surface area contributed by atoms with Crippen molar-refractivity contribution in [1.29, 1.82) is 0 Å². The van der Waals surface area contributed by atoms with Gasteiger partial charge in [-0.1, -0.05) is 25.8 Å². The molecule has 3 rings (SSSR count). The van der Waals surface area contributed by atoms with Crippen LogP contribution >= 0.6 is 0 Å². The number of halogens is 1. The maximum Gasteiger partial charge on any atom is 0.252 e. The smallest absolute Gasteiger partial charge is 0.252 e. The summed E-state index contributed by atoms with van der Waals surface area (Å²) >= 11 is 0. The van der Waals surface area contributed by atoms with Crippen LogP contribution in [-0.2, 0) is 6.54 Å². The number of unbranched alkanes of at least 4 members (excludes halogenated alkanes) is 2. The second kappa shape index (κ2) is 7.42. The van der Waals surface area contributed by atoms with Crippen LogP contribution in [0.3, 0.4) is 0 Å². The Labute approximate surface area is 145 Å². The third kappa shape index (κ3) is 3.84. The normalized spacial score (nSPS) is 11.0. The van der Waals surface area contributed by atoms with Crippen molar-refractivity contribution in [2.75, 3.05) is 5.32 Å². The van der Waals surface area contributed by atoms with E-state index in [4.69, 9.17) is 0 Å². The average molecular weight is 340 g/mol. The molecule has 1 aromatic carbocycles. The zero-order valence-corrected chi connectivity index (χ0v) is 14.4. The molecule has 0 radical (unpaired) electrons. The third-order valence-electron chi connectivity index (χ3n) is 4.14. The molecule has 5 nitrogen and oxygen atoms in total. The third-order valence-corrected chi connectivity index (χ3v) is 4.14. The minimum Gasteiger partial charge on any atom is -0.324 e. The number of benzene rings is 1. The molecule has 0 spiro atoms. The number of hydrogen-bond donors (Lipinski definition) is 1. The summed E-state index contributed by atoms with van der Waals surface area (Å²) in [6.45, 7) is 4.46. The van der Waals surface area contributed by atoms with Crippen LogP contribution in [-0.4, -0.2) is 14.5 Å². The summed E-state index contributed by atoms with van der Waals surface area (Å²) in [4.78, 5) is 21.0. The van der Waals surface area contributed by atoms with Crippen LogP contribution < -0.4 is 10.9 Å². The second-order valence-corrected chi connectivity index (χ2v) is 6.09. The number of aryl methyl sites for hydroxylation is 2. The number of anilines is 2. The van der Waals surface area contributed by atoms with Crippen molar-refractivity contribution in [1.82, 2.24) is 14.5 Å². The van der Waals surface area contributed by atoms with E-state index in [1.807, 2.05) is 0 Å². The molecule has 0 fully saturated rings. The van der Waals surface area contributed by atoms with E-state index in [9.17, 15) is 9.18 Å². The summed E-state index contributed by atoms with van der Waals surface area (Å²) in [5.74, 6) is 0.0489. The van der Waals surface area contributed by atoms with Crippen LogP contribution in [0.2, 0.25) is 0 Å². The summed E-state index contributed by atoms with van der Waals surface area (Å²) < 4.78 is 15.4. The van der Waals surface area contributed by atoms with E-state index < -0.39 is 0 Å². The molecule has 25 heavy (non-hydrogen) atoms. The molecule has 0 aliphatic carbocycles. The van der Waals surface area contributed by atoms with Crippen molar-refractivity contribution in [3.8, 4) is 0 Å². The molecule has 0 atom stereocenters. The quantitative estimate of drug-likeness (QED) is 0.684. The van der Waals surface area contributed by atoms with Crippen molar-refractivity contribution in [2.45, 2.75) is 39.7 Å². The minimum absolute atomic E-state index is 0.0744. The van der Waals surface area contributed by atoms with Gasteiger partial charge in [-0.05, 0) is 37.1 Å². The first kappa shape index (κ1) is 17.1. The molecule has 2 heterocycles. The van der Waals surface area contributed by atoms with Crippen molar-refractivity contribution in [2.24, 2.45) is 0 Å². The SMILES string of the molecule is CCCCCn1c(=O)ccc2cnc(Nc3ccc(C)c(F)c3)nc21. The van der Waals surface area contributed by atoms with Crippen LogP contribution in [0, 0.1) is 12.7 Å². The van der Waals surface area contributed by atoms with Gasteiger partial charge in [0, 0.05) is 29.9 Å². The van der Waals surface area contributed by atoms with Crippen LogP contribution in [0.5, 0.6) is 0 Å². The van der Waals surface area contributed by atoms with Gasteiger partial charge in [0.1, 0.15) is 11.5 Å². The average Bonchev–Trinajstić information content (AvgIpc) is 2.60. The molecule has 0 unspecified atom stereocenters. The van der Waals surface area contributed by atoms with Gasteiger partial charge in [-0.25, -0.2) is 9.37 Å². The van der Waals surface area contributed by atoms with E-state index >= 15 is 0 Å². The zero-order valence-electron chi connectivity index (χ0n) is 14.4. The lowest BCUT2D eigenvalue weighted by molar-refractivity contribution is 0.599. The fraction of sp³-hybridized carbons (Fsp3) is 0.316. The second-order valence-electron chi connectivity index (χ2n) is 6.09. The summed E-state index contributed by atoms with van der Waals surface area (Å²) in [7, 11) is 0. The van der Waals surface area contributed by atoms with Crippen molar-refractivity contribution < 1.29 is 4.39 Å². The Bertz CT molecular complexity index is 952. The molecule has 0 aliphatic heterocycles. The molecular weight excluding hydrogens is 319 g/mol. The topological polar surface area (TPSA) is 59.8 Å². The van der Waals surface area contributed by atoms with E-state index in [-0.39, 0.29) is 11.4 Å². The fourth-order valence-corrected chi connectivity index (χ4v) is 2.67. The van der Waals surface area contributed by atoms with E-state index in [1.165, 1.54) is 6.07 Å². The number of hydrogen-bond acceptors (Lipinski definition) is 4. The molecule has 3 aromatic rings. The zero-order chi connectivity index (χ0) is 17.8. The molecule has 0 amide bonds. The van der Waals surface area contributed by atoms with Gasteiger partial charge in [0.25, 0.3) is 5.56 Å². The van der Waals surface area contributed by atoms with Crippen LogP contribution in [0.15, 0.2) is 41.3 Å². The molecule has 0 saturated heterocycles. The van der Waals surface area contributed by atoms with E-state index in [0.29, 0.717) is 29.4 Å². The van der Waals surface area contributed by atoms with Gasteiger partial charge in [-0.15, -0.1) is 0 Å². The van der Waals surface area contributed by atoms with Crippen LogP contribution in [0.25, 0.3) is 11.0 Å². The van der Waals surface area contributed by atoms with Gasteiger partial charge < -0.3 is 5.32 Å². The number of rotatable bonds is 6. The van der Waals surface area contributed by atoms with Gasteiger partial charge in [0.15, 0.2) is 0 Å². The highest BCUT2D eigenvalue weighted by Crippen LogP contribution is 2.18. The largest absolute Gasteiger partial charge is 0.324 e. The van der Waals surface area contributed by atoms with Crippen molar-refractivity contribution >= 4 is 22.7 Å². The fourth-order valence-electron chi connectivity index (χ4n) is 2.67. The molecule has 0 bridgehead atoms.